The van der Waals surface area contributed by atoms with Crippen molar-refractivity contribution in [1.82, 2.24) is 9.21 Å². The van der Waals surface area contributed by atoms with Crippen LogP contribution in [-0.2, 0) is 24.3 Å². The molecule has 8 nitrogen and oxygen atoms in total. The molecule has 0 N–H and O–H groups in total. The molecule has 1 heterocycles. The van der Waals surface area contributed by atoms with Crippen molar-refractivity contribution >= 4 is 16.0 Å². The summed E-state index contributed by atoms with van der Waals surface area (Å²) in [4.78, 5) is 13.9. The van der Waals surface area contributed by atoms with Crippen LogP contribution in [0.25, 0.3) is 0 Å². The van der Waals surface area contributed by atoms with Crippen LogP contribution in [0.4, 0.5) is 0 Å². The summed E-state index contributed by atoms with van der Waals surface area (Å²) >= 11 is 0. The summed E-state index contributed by atoms with van der Waals surface area (Å²) in [7, 11) is -0.235. The van der Waals surface area contributed by atoms with E-state index in [1.54, 1.807) is 40.0 Å². The first-order chi connectivity index (χ1) is 13.2. The second-order valence-corrected chi connectivity index (χ2v) is 8.77. The van der Waals surface area contributed by atoms with Crippen LogP contribution in [0.1, 0.15) is 18.1 Å². The van der Waals surface area contributed by atoms with Crippen molar-refractivity contribution in [1.29, 1.82) is 0 Å². The Morgan fingerprint density at radius 3 is 2.43 bits per heavy atom. The lowest BCUT2D eigenvalue weighted by molar-refractivity contribution is -0.149. The Morgan fingerprint density at radius 2 is 1.86 bits per heavy atom. The number of likely N-dealkylation sites (N-methyl/N-ethyl adjacent to an activating group) is 1. The zero-order valence-corrected chi connectivity index (χ0v) is 18.0. The normalized spacial score (nSPS) is 18.8. The number of carbonyl (C=O) groups excluding carboxylic acids is 1. The van der Waals surface area contributed by atoms with Crippen molar-refractivity contribution in [3.8, 4) is 5.75 Å². The second-order valence-electron chi connectivity index (χ2n) is 6.94. The highest BCUT2D eigenvalue weighted by Crippen LogP contribution is 2.30. The van der Waals surface area contributed by atoms with E-state index in [0.29, 0.717) is 41.4 Å². The molecule has 0 bridgehead atoms. The molecule has 9 heteroatoms. The number of aryl methyl sites for hydroxylation is 2. The van der Waals surface area contributed by atoms with Gasteiger partial charge in [-0.2, -0.15) is 4.31 Å². The van der Waals surface area contributed by atoms with Gasteiger partial charge in [-0.15, -0.1) is 0 Å². The van der Waals surface area contributed by atoms with E-state index in [9.17, 15) is 13.2 Å². The summed E-state index contributed by atoms with van der Waals surface area (Å²) in [5.74, 6) is 0.171. The number of piperazine rings is 1. The first kappa shape index (κ1) is 22.6. The van der Waals surface area contributed by atoms with Gasteiger partial charge in [0.05, 0.1) is 31.3 Å². The molecule has 0 aliphatic carbocycles. The maximum absolute atomic E-state index is 13.5. The van der Waals surface area contributed by atoms with Crippen molar-refractivity contribution in [2.24, 2.45) is 0 Å². The Kier molecular flexibility index (Phi) is 7.82. The summed E-state index contributed by atoms with van der Waals surface area (Å²) in [6.45, 7) is 6.98. The summed E-state index contributed by atoms with van der Waals surface area (Å²) in [6, 6.07) is 3.06. The number of nitrogens with zero attached hydrogens (tertiary/aromatic N) is 2. The SMILES string of the molecule is CCOC(=O)COCC1CN(C)CCN1S(=O)(=O)c1c(C)cc(OC)cc1C. The van der Waals surface area contributed by atoms with Crippen LogP contribution in [0.3, 0.4) is 0 Å². The zero-order valence-electron chi connectivity index (χ0n) is 17.2. The topological polar surface area (TPSA) is 85.4 Å². The largest absolute Gasteiger partial charge is 0.497 e. The van der Waals surface area contributed by atoms with Crippen molar-refractivity contribution in [3.05, 3.63) is 23.3 Å². The van der Waals surface area contributed by atoms with E-state index in [0.717, 1.165) is 0 Å². The number of hydrogen-bond acceptors (Lipinski definition) is 7. The molecule has 1 unspecified atom stereocenters. The highest BCUT2D eigenvalue weighted by molar-refractivity contribution is 7.89. The third kappa shape index (κ3) is 5.22. The van der Waals surface area contributed by atoms with Gasteiger partial charge in [-0.1, -0.05) is 0 Å². The molecular formula is C19H30N2O6S. The molecule has 1 aliphatic rings. The molecule has 28 heavy (non-hydrogen) atoms. The van der Waals surface area contributed by atoms with Crippen LogP contribution in [0.5, 0.6) is 5.75 Å². The van der Waals surface area contributed by atoms with Gasteiger partial charge in [0.15, 0.2) is 0 Å². The van der Waals surface area contributed by atoms with Gasteiger partial charge >= 0.3 is 5.97 Å². The first-order valence-electron chi connectivity index (χ1n) is 9.29. The van der Waals surface area contributed by atoms with Crippen LogP contribution < -0.4 is 4.74 Å². The number of ether oxygens (including phenoxy) is 3. The van der Waals surface area contributed by atoms with Crippen molar-refractivity contribution in [3.63, 3.8) is 0 Å². The Bertz CT molecular complexity index is 773. The standard InChI is InChI=1S/C19H30N2O6S/c1-6-27-18(22)13-26-12-16-11-20(4)7-8-21(16)28(23,24)19-14(2)9-17(25-5)10-15(19)3/h9-10,16H,6-8,11-13H2,1-5H3. The lowest BCUT2D eigenvalue weighted by Crippen LogP contribution is -2.56. The number of methoxy groups -OCH3 is 1. The number of hydrogen-bond donors (Lipinski definition) is 0. The van der Waals surface area contributed by atoms with Crippen molar-refractivity contribution in [2.45, 2.75) is 31.7 Å². The van der Waals surface area contributed by atoms with Gasteiger partial charge in [0.2, 0.25) is 10.0 Å². The molecule has 1 saturated heterocycles. The molecule has 1 fully saturated rings. The molecular weight excluding hydrogens is 384 g/mol. The molecule has 0 aromatic heterocycles. The van der Waals surface area contributed by atoms with Gasteiger partial charge in [0, 0.05) is 19.6 Å². The Morgan fingerprint density at radius 1 is 1.21 bits per heavy atom. The fourth-order valence-corrected chi connectivity index (χ4v) is 5.49. The van der Waals surface area contributed by atoms with E-state index in [1.165, 1.54) is 4.31 Å². The third-order valence-electron chi connectivity index (χ3n) is 4.70. The van der Waals surface area contributed by atoms with Crippen LogP contribution in [0.15, 0.2) is 17.0 Å². The first-order valence-corrected chi connectivity index (χ1v) is 10.7. The van der Waals surface area contributed by atoms with Crippen LogP contribution in [-0.4, -0.2) is 83.2 Å². The molecule has 0 radical (unpaired) electrons. The van der Waals surface area contributed by atoms with Gasteiger partial charge in [-0.05, 0) is 51.1 Å². The van der Waals surface area contributed by atoms with E-state index in [4.69, 9.17) is 14.2 Å². The summed E-state index contributed by atoms with van der Waals surface area (Å²) in [5.41, 5.74) is 1.28. The van der Waals surface area contributed by atoms with Gasteiger partial charge in [-0.3, -0.25) is 0 Å². The average Bonchev–Trinajstić information content (AvgIpc) is 2.60. The molecule has 1 aromatic rings. The van der Waals surface area contributed by atoms with E-state index in [1.807, 2.05) is 7.05 Å². The molecule has 1 atom stereocenters. The molecule has 0 saturated carbocycles. The van der Waals surface area contributed by atoms with Gasteiger partial charge in [-0.25, -0.2) is 13.2 Å². The Labute approximate surface area is 167 Å². The second kappa shape index (κ2) is 9.69. The predicted octanol–water partition coefficient (Wildman–Crippen LogP) is 1.20. The van der Waals surface area contributed by atoms with Crippen molar-refractivity contribution in [2.75, 3.05) is 53.6 Å². The Balaban J connectivity index is 2.25. The zero-order chi connectivity index (χ0) is 20.9. The number of rotatable bonds is 8. The van der Waals surface area contributed by atoms with E-state index in [-0.39, 0.29) is 25.9 Å². The maximum Gasteiger partial charge on any atom is 0.332 e. The van der Waals surface area contributed by atoms with Gasteiger partial charge < -0.3 is 19.1 Å². The third-order valence-corrected chi connectivity index (χ3v) is 6.96. The molecule has 0 amide bonds. The van der Waals surface area contributed by atoms with Crippen LogP contribution in [0, 0.1) is 13.8 Å². The molecule has 1 aromatic carbocycles. The molecule has 0 spiro atoms. The maximum atomic E-state index is 13.5. The number of benzene rings is 1. The van der Waals surface area contributed by atoms with E-state index in [2.05, 4.69) is 4.90 Å². The van der Waals surface area contributed by atoms with Crippen LogP contribution in [0.2, 0.25) is 0 Å². The minimum atomic E-state index is -3.73. The van der Waals surface area contributed by atoms with Gasteiger partial charge in [0.1, 0.15) is 12.4 Å². The minimum Gasteiger partial charge on any atom is -0.497 e. The fourth-order valence-electron chi connectivity index (χ4n) is 3.48. The monoisotopic (exact) mass is 414 g/mol. The quantitative estimate of drug-likeness (QED) is 0.591. The fraction of sp³-hybridized carbons (Fsp3) is 0.632. The summed E-state index contributed by atoms with van der Waals surface area (Å²) in [5, 5.41) is 0. The lowest BCUT2D eigenvalue weighted by atomic mass is 10.1. The predicted molar refractivity (Wildman–Crippen MR) is 105 cm³/mol. The van der Waals surface area contributed by atoms with E-state index < -0.39 is 16.0 Å². The van der Waals surface area contributed by atoms with Crippen molar-refractivity contribution < 1.29 is 27.4 Å². The lowest BCUT2D eigenvalue weighted by Gasteiger charge is -2.39. The smallest absolute Gasteiger partial charge is 0.332 e. The summed E-state index contributed by atoms with van der Waals surface area (Å²) < 4.78 is 44.0. The molecule has 2 rings (SSSR count). The molecule has 1 aliphatic heterocycles. The number of carbonyl (C=O) groups is 1. The van der Waals surface area contributed by atoms with Gasteiger partial charge in [0.25, 0.3) is 0 Å². The average molecular weight is 415 g/mol. The highest BCUT2D eigenvalue weighted by Gasteiger charge is 2.37. The highest BCUT2D eigenvalue weighted by atomic mass is 32.2. The number of esters is 1. The van der Waals surface area contributed by atoms with E-state index >= 15 is 0 Å². The number of sulfonamides is 1. The molecule has 158 valence electrons. The van der Waals surface area contributed by atoms with Crippen LogP contribution >= 0.6 is 0 Å². The minimum absolute atomic E-state index is 0.122. The summed E-state index contributed by atoms with van der Waals surface area (Å²) in [6.07, 6.45) is 0. The Hall–Kier alpha value is -1.68.